The van der Waals surface area contributed by atoms with E-state index in [1.807, 2.05) is 0 Å². The summed E-state index contributed by atoms with van der Waals surface area (Å²) < 4.78 is 1.67. The summed E-state index contributed by atoms with van der Waals surface area (Å²) in [4.78, 5) is 22.5. The van der Waals surface area contributed by atoms with Crippen LogP contribution >= 0.6 is 0 Å². The number of hydrogen-bond donors (Lipinski definition) is 3. The van der Waals surface area contributed by atoms with Crippen LogP contribution in [0.2, 0.25) is 0 Å². The summed E-state index contributed by atoms with van der Waals surface area (Å²) >= 11 is 0. The van der Waals surface area contributed by atoms with Crippen LogP contribution in [-0.2, 0) is 4.79 Å². The molecule has 1 aliphatic heterocycles. The second-order valence-corrected chi connectivity index (χ2v) is 4.44. The molecule has 1 aromatic heterocycles. The van der Waals surface area contributed by atoms with Crippen molar-refractivity contribution in [2.75, 3.05) is 13.1 Å². The van der Waals surface area contributed by atoms with E-state index in [0.29, 0.717) is 0 Å². The third-order valence-corrected chi connectivity index (χ3v) is 2.76. The summed E-state index contributed by atoms with van der Waals surface area (Å²) in [5, 5.41) is 13.5. The minimum atomic E-state index is -0.452. The van der Waals surface area contributed by atoms with Crippen molar-refractivity contribution in [3.63, 3.8) is 0 Å². The topological polar surface area (TPSA) is 115 Å². The molecule has 4 N–H and O–H groups in total. The van der Waals surface area contributed by atoms with E-state index in [9.17, 15) is 9.59 Å². The first-order valence-electron chi connectivity index (χ1n) is 5.78. The summed E-state index contributed by atoms with van der Waals surface area (Å²) in [6, 6.07) is -0.0485. The molecule has 0 radical (unpaired) electrons. The fourth-order valence-electron chi connectivity index (χ4n) is 1.67. The Morgan fingerprint density at radius 3 is 2.94 bits per heavy atom. The van der Waals surface area contributed by atoms with E-state index in [1.54, 1.807) is 17.8 Å². The highest BCUT2D eigenvalue weighted by Gasteiger charge is 2.22. The van der Waals surface area contributed by atoms with Gasteiger partial charge in [0.05, 0.1) is 12.2 Å². The maximum atomic E-state index is 11.8. The van der Waals surface area contributed by atoms with Gasteiger partial charge >= 0.3 is 0 Å². The molecule has 8 nitrogen and oxygen atoms in total. The van der Waals surface area contributed by atoms with Gasteiger partial charge in [-0.05, 0) is 6.92 Å². The summed E-state index contributed by atoms with van der Waals surface area (Å²) in [5.74, 6) is -0.797. The zero-order chi connectivity index (χ0) is 13.1. The highest BCUT2D eigenvalue weighted by atomic mass is 16.2. The number of nitrogens with zero attached hydrogens (tertiary/aromatic N) is 3. The molecular formula is C10H16N6O2. The van der Waals surface area contributed by atoms with Crippen molar-refractivity contribution in [3.8, 4) is 0 Å². The number of amides is 2. The number of primary amides is 1. The molecule has 1 aliphatic rings. The van der Waals surface area contributed by atoms with Crippen molar-refractivity contribution in [1.29, 1.82) is 0 Å². The molecule has 1 atom stereocenters. The molecular weight excluding hydrogens is 236 g/mol. The van der Waals surface area contributed by atoms with Crippen LogP contribution in [-0.4, -0.2) is 45.9 Å². The summed E-state index contributed by atoms with van der Waals surface area (Å²) in [5.41, 5.74) is 5.30. The minimum Gasteiger partial charge on any atom is -0.370 e. The van der Waals surface area contributed by atoms with Crippen LogP contribution < -0.4 is 16.4 Å². The molecule has 1 fully saturated rings. The molecule has 1 saturated heterocycles. The molecule has 2 rings (SSSR count). The van der Waals surface area contributed by atoms with Crippen LogP contribution in [0.25, 0.3) is 0 Å². The number of carbonyl (C=O) groups excluding carboxylic acids is 2. The Kier molecular flexibility index (Phi) is 3.56. The number of nitrogens with two attached hydrogens (primary N) is 1. The lowest BCUT2D eigenvalue weighted by atomic mass is 10.2. The van der Waals surface area contributed by atoms with Gasteiger partial charge in [0.2, 0.25) is 5.91 Å². The molecule has 8 heteroatoms. The van der Waals surface area contributed by atoms with Crippen LogP contribution in [0.5, 0.6) is 0 Å². The normalized spacial score (nSPS) is 16.9. The Morgan fingerprint density at radius 1 is 1.67 bits per heavy atom. The van der Waals surface area contributed by atoms with Gasteiger partial charge in [-0.2, -0.15) is 0 Å². The lowest BCUT2D eigenvalue weighted by Crippen LogP contribution is -2.43. The van der Waals surface area contributed by atoms with Gasteiger partial charge in [0.25, 0.3) is 5.91 Å². The Balaban J connectivity index is 1.92. The highest BCUT2D eigenvalue weighted by molar-refractivity contribution is 5.92. The fraction of sp³-hybridized carbons (Fsp3) is 0.600. The van der Waals surface area contributed by atoms with E-state index in [0.717, 1.165) is 13.1 Å². The standard InChI is InChI=1S/C10H16N6O2/c1-6(2-9(11)17)13-10(18)8-5-16(15-14-8)7-3-12-4-7/h5-7,12H,2-4H2,1H3,(H2,11,17)(H,13,18). The van der Waals surface area contributed by atoms with Gasteiger partial charge in [0.15, 0.2) is 5.69 Å². The Bertz CT molecular complexity index is 453. The summed E-state index contributed by atoms with van der Waals surface area (Å²) in [6.45, 7) is 3.38. The quantitative estimate of drug-likeness (QED) is 0.585. The smallest absolute Gasteiger partial charge is 0.273 e. The van der Waals surface area contributed by atoms with Crippen LogP contribution in [0.3, 0.4) is 0 Å². The predicted octanol–water partition coefficient (Wildman–Crippen LogP) is -1.58. The molecule has 0 saturated carbocycles. The van der Waals surface area contributed by atoms with E-state index in [2.05, 4.69) is 20.9 Å². The van der Waals surface area contributed by atoms with Gasteiger partial charge in [-0.15, -0.1) is 5.10 Å². The van der Waals surface area contributed by atoms with Gasteiger partial charge in [0, 0.05) is 25.6 Å². The summed E-state index contributed by atoms with van der Waals surface area (Å²) in [7, 11) is 0. The monoisotopic (exact) mass is 252 g/mol. The third-order valence-electron chi connectivity index (χ3n) is 2.76. The molecule has 0 bridgehead atoms. The average Bonchev–Trinajstić information content (AvgIpc) is 2.62. The van der Waals surface area contributed by atoms with E-state index in [1.165, 1.54) is 0 Å². The van der Waals surface area contributed by atoms with Crippen LogP contribution in [0, 0.1) is 0 Å². The molecule has 0 spiro atoms. The van der Waals surface area contributed by atoms with Crippen molar-refractivity contribution < 1.29 is 9.59 Å². The molecule has 2 amide bonds. The van der Waals surface area contributed by atoms with Crippen LogP contribution in [0.1, 0.15) is 29.9 Å². The molecule has 2 heterocycles. The van der Waals surface area contributed by atoms with E-state index in [-0.39, 0.29) is 30.1 Å². The molecule has 98 valence electrons. The van der Waals surface area contributed by atoms with Gasteiger partial charge in [-0.25, -0.2) is 4.68 Å². The van der Waals surface area contributed by atoms with E-state index in [4.69, 9.17) is 5.73 Å². The molecule has 0 aliphatic carbocycles. The van der Waals surface area contributed by atoms with Crippen molar-refractivity contribution in [2.24, 2.45) is 5.73 Å². The third kappa shape index (κ3) is 2.83. The lowest BCUT2D eigenvalue weighted by Gasteiger charge is -2.26. The number of hydrogen-bond acceptors (Lipinski definition) is 5. The van der Waals surface area contributed by atoms with Gasteiger partial charge in [0.1, 0.15) is 0 Å². The number of rotatable bonds is 5. The maximum Gasteiger partial charge on any atom is 0.273 e. The second kappa shape index (κ2) is 5.13. The largest absolute Gasteiger partial charge is 0.370 e. The number of aromatic nitrogens is 3. The first-order chi connectivity index (χ1) is 8.56. The van der Waals surface area contributed by atoms with E-state index < -0.39 is 5.91 Å². The first kappa shape index (κ1) is 12.5. The average molecular weight is 252 g/mol. The maximum absolute atomic E-state index is 11.8. The minimum absolute atomic E-state index is 0.104. The SMILES string of the molecule is CC(CC(N)=O)NC(=O)c1cn(C2CNC2)nn1. The van der Waals surface area contributed by atoms with Gasteiger partial charge < -0.3 is 16.4 Å². The van der Waals surface area contributed by atoms with Gasteiger partial charge in [-0.3, -0.25) is 9.59 Å². The summed E-state index contributed by atoms with van der Waals surface area (Å²) in [6.07, 6.45) is 1.71. The Morgan fingerprint density at radius 2 is 2.39 bits per heavy atom. The fourth-order valence-corrected chi connectivity index (χ4v) is 1.67. The molecule has 1 unspecified atom stereocenters. The van der Waals surface area contributed by atoms with Crippen molar-refractivity contribution in [3.05, 3.63) is 11.9 Å². The number of nitrogens with one attached hydrogen (secondary N) is 2. The van der Waals surface area contributed by atoms with Crippen LogP contribution in [0.4, 0.5) is 0 Å². The number of carbonyl (C=O) groups is 2. The molecule has 1 aromatic rings. The highest BCUT2D eigenvalue weighted by Crippen LogP contribution is 2.09. The Labute approximate surface area is 104 Å². The molecule has 0 aromatic carbocycles. The lowest BCUT2D eigenvalue weighted by molar-refractivity contribution is -0.118. The zero-order valence-corrected chi connectivity index (χ0v) is 10.1. The van der Waals surface area contributed by atoms with Crippen molar-refractivity contribution in [1.82, 2.24) is 25.6 Å². The first-order valence-corrected chi connectivity index (χ1v) is 5.78. The predicted molar refractivity (Wildman–Crippen MR) is 62.7 cm³/mol. The Hall–Kier alpha value is -1.96. The molecule has 18 heavy (non-hydrogen) atoms. The van der Waals surface area contributed by atoms with Crippen LogP contribution in [0.15, 0.2) is 6.20 Å². The van der Waals surface area contributed by atoms with E-state index >= 15 is 0 Å². The van der Waals surface area contributed by atoms with Crippen molar-refractivity contribution >= 4 is 11.8 Å². The van der Waals surface area contributed by atoms with Gasteiger partial charge in [-0.1, -0.05) is 5.21 Å². The zero-order valence-electron chi connectivity index (χ0n) is 10.1. The van der Waals surface area contributed by atoms with Crippen molar-refractivity contribution in [2.45, 2.75) is 25.4 Å². The second-order valence-electron chi connectivity index (χ2n) is 4.44.